The van der Waals surface area contributed by atoms with E-state index in [9.17, 15) is 0 Å². The summed E-state index contributed by atoms with van der Waals surface area (Å²) in [7, 11) is -0.632. The Morgan fingerprint density at radius 2 is 1.83 bits per heavy atom. The molecule has 0 aliphatic rings. The molecule has 0 aromatic carbocycles. The van der Waals surface area contributed by atoms with Gasteiger partial charge in [-0.1, -0.05) is 12.2 Å². The molecule has 0 unspecified atom stereocenters. The molecule has 6 heavy (non-hydrogen) atoms. The Hall–Kier alpha value is -0.0100. The molecular formula is C2H3N2PS. The average Bonchev–Trinajstić information content (AvgIpc) is 1.86. The minimum Gasteiger partial charge on any atom is -0.216 e. The summed E-state index contributed by atoms with van der Waals surface area (Å²) < 4.78 is 7.64. The van der Waals surface area contributed by atoms with Crippen LogP contribution in [0.15, 0.2) is 12.4 Å². The topological polar surface area (TPSA) is 25.8 Å². The molecule has 0 saturated heterocycles. The maximum Gasteiger partial charge on any atom is 0.126 e. The molecule has 0 aliphatic carbocycles. The van der Waals surface area contributed by atoms with E-state index in [-0.39, 0.29) is 0 Å². The first kappa shape index (κ1) is 4.16. The molecule has 2 nitrogen and oxygen atoms in total. The lowest BCUT2D eigenvalue weighted by Crippen LogP contribution is -1.37. The van der Waals surface area contributed by atoms with Crippen molar-refractivity contribution >= 4 is 19.3 Å². The van der Waals surface area contributed by atoms with Gasteiger partial charge in [0, 0.05) is 0 Å². The highest BCUT2D eigenvalue weighted by Gasteiger charge is 1.76. The highest BCUT2D eigenvalue weighted by Crippen LogP contribution is 2.19. The van der Waals surface area contributed by atoms with Gasteiger partial charge in [-0.2, -0.15) is 0 Å². The molecule has 0 radical (unpaired) electrons. The summed E-state index contributed by atoms with van der Waals surface area (Å²) in [6, 6.07) is 0. The maximum absolute atomic E-state index is 3.96. The lowest BCUT2D eigenvalue weighted by Gasteiger charge is -1.65. The second kappa shape index (κ2) is 1.63. The van der Waals surface area contributed by atoms with Gasteiger partial charge in [-0.3, -0.25) is 0 Å². The number of hydrogen-bond donors (Lipinski definition) is 1. The third kappa shape index (κ3) is 0.730. The summed E-state index contributed by atoms with van der Waals surface area (Å²) >= 11 is 3.96. The third-order valence-corrected chi connectivity index (χ3v) is 1.71. The zero-order valence-corrected chi connectivity index (χ0v) is 4.73. The van der Waals surface area contributed by atoms with E-state index >= 15 is 0 Å². The van der Waals surface area contributed by atoms with Crippen molar-refractivity contribution in [3.8, 4) is 0 Å². The molecule has 0 atom stereocenters. The molecule has 1 aromatic heterocycles. The molecule has 1 aromatic rings. The van der Waals surface area contributed by atoms with Crippen LogP contribution in [0.3, 0.4) is 0 Å². The van der Waals surface area contributed by atoms with Gasteiger partial charge in [-0.25, -0.2) is 9.49 Å². The van der Waals surface area contributed by atoms with Crippen LogP contribution in [0.1, 0.15) is 0 Å². The van der Waals surface area contributed by atoms with Gasteiger partial charge in [0.2, 0.25) is 0 Å². The van der Waals surface area contributed by atoms with Crippen molar-refractivity contribution in [1.82, 2.24) is 9.49 Å². The number of hydrogen-bond acceptors (Lipinski definition) is 3. The minimum atomic E-state index is -0.632. The van der Waals surface area contributed by atoms with Crippen LogP contribution in [0.2, 0.25) is 0 Å². The minimum absolute atomic E-state index is 0.632. The summed E-state index contributed by atoms with van der Waals surface area (Å²) in [6.45, 7) is 0. The summed E-state index contributed by atoms with van der Waals surface area (Å²) in [5.74, 6) is 0. The van der Waals surface area contributed by atoms with Crippen LogP contribution in [-0.2, 0) is 0 Å². The second-order valence-corrected chi connectivity index (χ2v) is 2.87. The van der Waals surface area contributed by atoms with E-state index in [0.717, 1.165) is 0 Å². The summed E-state index contributed by atoms with van der Waals surface area (Å²) in [5.41, 5.74) is 0. The highest BCUT2D eigenvalue weighted by molar-refractivity contribution is 8.39. The van der Waals surface area contributed by atoms with E-state index in [1.807, 2.05) is 0 Å². The molecule has 0 spiro atoms. The Balaban J connectivity index is 3.05. The van der Waals surface area contributed by atoms with Gasteiger partial charge in [0.1, 0.15) is 7.05 Å². The Kier molecular flexibility index (Phi) is 1.13. The van der Waals surface area contributed by atoms with Crippen LogP contribution in [0.4, 0.5) is 0 Å². The molecule has 0 saturated carbocycles. The van der Waals surface area contributed by atoms with E-state index in [1.54, 1.807) is 12.4 Å². The first-order chi connectivity index (χ1) is 2.89. The van der Waals surface area contributed by atoms with Gasteiger partial charge in [-0.15, -0.1) is 0 Å². The molecule has 1 rings (SSSR count). The predicted octanol–water partition coefficient (Wildman–Crippen LogP) is 1.16. The zero-order valence-electron chi connectivity index (χ0n) is 2.94. The number of thiol groups is 1. The fourth-order valence-electron chi connectivity index (χ4n) is 0.209. The van der Waals surface area contributed by atoms with Crippen molar-refractivity contribution in [3.05, 3.63) is 12.4 Å². The molecule has 0 bridgehead atoms. The standard InChI is InChI=1S/C2H3N2PS/c6-5-3-1-2-4-5/h1-2,6H. The zero-order chi connectivity index (χ0) is 4.41. The molecular weight excluding hydrogens is 115 g/mol. The molecule has 0 fully saturated rings. The van der Waals surface area contributed by atoms with Gasteiger partial charge < -0.3 is 0 Å². The SMILES string of the molecule is Sp1nccn1. The Labute approximate surface area is 42.0 Å². The van der Waals surface area contributed by atoms with Gasteiger partial charge in [0.15, 0.2) is 0 Å². The van der Waals surface area contributed by atoms with Gasteiger partial charge in [0.25, 0.3) is 0 Å². The number of rotatable bonds is 0. The average molecular weight is 118 g/mol. The van der Waals surface area contributed by atoms with Crippen LogP contribution in [0, 0.1) is 0 Å². The molecule has 32 valence electrons. The molecule has 1 heterocycles. The third-order valence-electron chi connectivity index (χ3n) is 0.407. The van der Waals surface area contributed by atoms with Gasteiger partial charge >= 0.3 is 0 Å². The van der Waals surface area contributed by atoms with Crippen LogP contribution in [0.25, 0.3) is 0 Å². The lowest BCUT2D eigenvalue weighted by atomic mass is 11.0. The molecule has 0 amide bonds. The summed E-state index contributed by atoms with van der Waals surface area (Å²) in [4.78, 5) is 0. The Morgan fingerprint density at radius 3 is 2.00 bits per heavy atom. The van der Waals surface area contributed by atoms with Crippen LogP contribution < -0.4 is 0 Å². The van der Waals surface area contributed by atoms with Crippen LogP contribution in [-0.4, -0.2) is 9.49 Å². The lowest BCUT2D eigenvalue weighted by molar-refractivity contribution is 1.53. The first-order valence-electron chi connectivity index (χ1n) is 1.45. The van der Waals surface area contributed by atoms with Crippen LogP contribution in [0.5, 0.6) is 0 Å². The van der Waals surface area contributed by atoms with Crippen molar-refractivity contribution in [1.29, 1.82) is 0 Å². The summed E-state index contributed by atoms with van der Waals surface area (Å²) in [5, 5.41) is 0. The van der Waals surface area contributed by atoms with E-state index in [1.165, 1.54) is 0 Å². The number of aromatic nitrogens is 2. The molecule has 0 aliphatic heterocycles. The molecule has 4 heteroatoms. The van der Waals surface area contributed by atoms with Crippen molar-refractivity contribution < 1.29 is 0 Å². The van der Waals surface area contributed by atoms with Crippen LogP contribution >= 0.6 is 19.3 Å². The van der Waals surface area contributed by atoms with E-state index < -0.39 is 7.05 Å². The second-order valence-electron chi connectivity index (χ2n) is 0.797. The smallest absolute Gasteiger partial charge is 0.126 e. The Morgan fingerprint density at radius 1 is 1.33 bits per heavy atom. The van der Waals surface area contributed by atoms with Crippen molar-refractivity contribution in [2.24, 2.45) is 0 Å². The highest BCUT2D eigenvalue weighted by atomic mass is 32.7. The van der Waals surface area contributed by atoms with E-state index in [2.05, 4.69) is 21.7 Å². The Bertz CT molecular complexity index is 115. The maximum atomic E-state index is 3.96. The first-order valence-corrected chi connectivity index (χ1v) is 3.85. The fourth-order valence-corrected chi connectivity index (χ4v) is 0.984. The normalized spacial score (nSPS) is 8.83. The van der Waals surface area contributed by atoms with Gasteiger partial charge in [0.05, 0.1) is 12.4 Å². The monoisotopic (exact) mass is 118 g/mol. The van der Waals surface area contributed by atoms with Gasteiger partial charge in [-0.05, 0) is 0 Å². The number of nitrogens with zero attached hydrogens (tertiary/aromatic N) is 2. The summed E-state index contributed by atoms with van der Waals surface area (Å²) in [6.07, 6.45) is 3.33. The van der Waals surface area contributed by atoms with Crippen molar-refractivity contribution in [3.63, 3.8) is 0 Å². The van der Waals surface area contributed by atoms with E-state index in [4.69, 9.17) is 0 Å². The van der Waals surface area contributed by atoms with Crippen molar-refractivity contribution in [2.45, 2.75) is 0 Å². The quantitative estimate of drug-likeness (QED) is 0.517. The van der Waals surface area contributed by atoms with Crippen molar-refractivity contribution in [2.75, 3.05) is 0 Å². The molecule has 0 N–H and O–H groups in total. The predicted molar refractivity (Wildman–Crippen MR) is 29.1 cm³/mol. The largest absolute Gasteiger partial charge is 0.216 e. The fraction of sp³-hybridized carbons (Fsp3) is 0. The van der Waals surface area contributed by atoms with E-state index in [0.29, 0.717) is 0 Å².